The first-order valence-electron chi connectivity index (χ1n) is 5.53. The SMILES string of the molecule is Cc1ccnc(N)c1C(N)c1ccc(F)c(F)c1F. The fourth-order valence-corrected chi connectivity index (χ4v) is 1.93. The van der Waals surface area contributed by atoms with Crippen LogP contribution in [0.1, 0.15) is 22.7 Å². The molecule has 6 heteroatoms. The average molecular weight is 267 g/mol. The highest BCUT2D eigenvalue weighted by Crippen LogP contribution is 2.29. The van der Waals surface area contributed by atoms with E-state index >= 15 is 0 Å². The molecule has 2 rings (SSSR count). The monoisotopic (exact) mass is 267 g/mol. The molecule has 100 valence electrons. The van der Waals surface area contributed by atoms with E-state index in [2.05, 4.69) is 4.98 Å². The van der Waals surface area contributed by atoms with Crippen molar-refractivity contribution in [3.63, 3.8) is 0 Å². The third-order valence-corrected chi connectivity index (χ3v) is 2.95. The van der Waals surface area contributed by atoms with Crippen molar-refractivity contribution in [1.29, 1.82) is 0 Å². The Morgan fingerprint density at radius 2 is 1.79 bits per heavy atom. The number of nitrogens with zero attached hydrogens (tertiary/aromatic N) is 1. The minimum absolute atomic E-state index is 0.136. The fraction of sp³-hybridized carbons (Fsp3) is 0.154. The van der Waals surface area contributed by atoms with Crippen molar-refractivity contribution in [3.05, 3.63) is 58.5 Å². The molecule has 2 aromatic rings. The predicted octanol–water partition coefficient (Wildman–Crippen LogP) is 2.44. The minimum Gasteiger partial charge on any atom is -0.383 e. The van der Waals surface area contributed by atoms with E-state index in [9.17, 15) is 13.2 Å². The smallest absolute Gasteiger partial charge is 0.194 e. The largest absolute Gasteiger partial charge is 0.383 e. The van der Waals surface area contributed by atoms with Gasteiger partial charge in [-0.05, 0) is 24.6 Å². The molecule has 1 atom stereocenters. The number of nitrogen functional groups attached to an aromatic ring is 1. The number of hydrogen-bond donors (Lipinski definition) is 2. The summed E-state index contributed by atoms with van der Waals surface area (Å²) in [7, 11) is 0. The summed E-state index contributed by atoms with van der Waals surface area (Å²) >= 11 is 0. The molecule has 3 nitrogen and oxygen atoms in total. The Kier molecular flexibility index (Phi) is 3.44. The zero-order valence-corrected chi connectivity index (χ0v) is 10.1. The Morgan fingerprint density at radius 3 is 2.42 bits per heavy atom. The van der Waals surface area contributed by atoms with Crippen LogP contribution in [-0.4, -0.2) is 4.98 Å². The summed E-state index contributed by atoms with van der Waals surface area (Å²) < 4.78 is 39.8. The van der Waals surface area contributed by atoms with Gasteiger partial charge in [0.25, 0.3) is 0 Å². The first kappa shape index (κ1) is 13.4. The highest BCUT2D eigenvalue weighted by atomic mass is 19.2. The molecule has 1 aromatic heterocycles. The number of benzene rings is 1. The number of halogens is 3. The molecule has 0 amide bonds. The summed E-state index contributed by atoms with van der Waals surface area (Å²) in [6.45, 7) is 1.73. The topological polar surface area (TPSA) is 64.9 Å². The highest BCUT2D eigenvalue weighted by Gasteiger charge is 2.22. The Balaban J connectivity index is 2.57. The van der Waals surface area contributed by atoms with Crippen LogP contribution in [0.2, 0.25) is 0 Å². The molecule has 0 bridgehead atoms. The van der Waals surface area contributed by atoms with Crippen LogP contribution in [0.4, 0.5) is 19.0 Å². The van der Waals surface area contributed by atoms with Gasteiger partial charge in [-0.3, -0.25) is 0 Å². The molecule has 0 aliphatic carbocycles. The van der Waals surface area contributed by atoms with Gasteiger partial charge in [0.05, 0.1) is 6.04 Å². The van der Waals surface area contributed by atoms with Crippen molar-refractivity contribution in [1.82, 2.24) is 4.98 Å². The second kappa shape index (κ2) is 4.89. The maximum absolute atomic E-state index is 13.7. The van der Waals surface area contributed by atoms with E-state index in [-0.39, 0.29) is 11.4 Å². The van der Waals surface area contributed by atoms with E-state index in [0.717, 1.165) is 12.1 Å². The van der Waals surface area contributed by atoms with Gasteiger partial charge in [0.1, 0.15) is 5.82 Å². The number of anilines is 1. The molecule has 0 fully saturated rings. The maximum Gasteiger partial charge on any atom is 0.194 e. The number of aromatic nitrogens is 1. The third kappa shape index (κ3) is 2.26. The van der Waals surface area contributed by atoms with Gasteiger partial charge in [0, 0.05) is 17.3 Å². The normalized spacial score (nSPS) is 12.5. The summed E-state index contributed by atoms with van der Waals surface area (Å²) in [5, 5.41) is 0. The van der Waals surface area contributed by atoms with Crippen molar-refractivity contribution in [2.45, 2.75) is 13.0 Å². The number of hydrogen-bond acceptors (Lipinski definition) is 3. The molecule has 0 radical (unpaired) electrons. The average Bonchev–Trinajstić information content (AvgIpc) is 2.35. The zero-order valence-electron chi connectivity index (χ0n) is 10.1. The van der Waals surface area contributed by atoms with Crippen molar-refractivity contribution >= 4 is 5.82 Å². The van der Waals surface area contributed by atoms with Gasteiger partial charge in [-0.25, -0.2) is 18.2 Å². The fourth-order valence-electron chi connectivity index (χ4n) is 1.93. The lowest BCUT2D eigenvalue weighted by Crippen LogP contribution is -2.18. The summed E-state index contributed by atoms with van der Waals surface area (Å²) in [5.41, 5.74) is 12.5. The van der Waals surface area contributed by atoms with Crippen LogP contribution in [0.15, 0.2) is 24.4 Å². The van der Waals surface area contributed by atoms with Crippen molar-refractivity contribution < 1.29 is 13.2 Å². The summed E-state index contributed by atoms with van der Waals surface area (Å²) in [5.74, 6) is -3.98. The van der Waals surface area contributed by atoms with Gasteiger partial charge in [-0.2, -0.15) is 0 Å². The molecule has 1 aromatic carbocycles. The number of rotatable bonds is 2. The van der Waals surface area contributed by atoms with E-state index in [1.165, 1.54) is 6.20 Å². The van der Waals surface area contributed by atoms with Crippen LogP contribution in [0.5, 0.6) is 0 Å². The Labute approximate surface area is 108 Å². The van der Waals surface area contributed by atoms with Gasteiger partial charge < -0.3 is 11.5 Å². The lowest BCUT2D eigenvalue weighted by Gasteiger charge is -2.17. The Morgan fingerprint density at radius 1 is 1.11 bits per heavy atom. The molecule has 1 heterocycles. The van der Waals surface area contributed by atoms with Crippen LogP contribution >= 0.6 is 0 Å². The van der Waals surface area contributed by atoms with Gasteiger partial charge in [0.2, 0.25) is 0 Å². The van der Waals surface area contributed by atoms with Crippen LogP contribution in [-0.2, 0) is 0 Å². The standard InChI is InChI=1S/C13H12F3N3/c1-6-4-5-19-13(18)9(6)12(17)7-2-3-8(14)11(16)10(7)15/h2-5,12H,17H2,1H3,(H2,18,19). The highest BCUT2D eigenvalue weighted by molar-refractivity contribution is 5.49. The second-order valence-electron chi connectivity index (χ2n) is 4.17. The second-order valence-corrected chi connectivity index (χ2v) is 4.17. The lowest BCUT2D eigenvalue weighted by atomic mass is 9.96. The van der Waals surface area contributed by atoms with E-state index in [1.54, 1.807) is 13.0 Å². The van der Waals surface area contributed by atoms with Gasteiger partial charge in [0.15, 0.2) is 17.5 Å². The van der Waals surface area contributed by atoms with Crippen molar-refractivity contribution in [3.8, 4) is 0 Å². The van der Waals surface area contributed by atoms with Crippen molar-refractivity contribution in [2.24, 2.45) is 5.73 Å². The van der Waals surface area contributed by atoms with E-state index in [4.69, 9.17) is 11.5 Å². The molecule has 0 spiro atoms. The zero-order chi connectivity index (χ0) is 14.2. The molecular formula is C13H12F3N3. The quantitative estimate of drug-likeness (QED) is 0.821. The molecule has 0 aliphatic heterocycles. The molecule has 0 saturated carbocycles. The molecule has 0 aliphatic rings. The van der Waals surface area contributed by atoms with Crippen LogP contribution in [0, 0.1) is 24.4 Å². The molecule has 19 heavy (non-hydrogen) atoms. The Hall–Kier alpha value is -2.08. The number of nitrogens with two attached hydrogens (primary N) is 2. The number of aryl methyl sites for hydroxylation is 1. The maximum atomic E-state index is 13.7. The molecule has 1 unspecified atom stereocenters. The summed E-state index contributed by atoms with van der Waals surface area (Å²) in [6, 6.07) is 2.58. The van der Waals surface area contributed by atoms with Crippen molar-refractivity contribution in [2.75, 3.05) is 5.73 Å². The summed E-state index contributed by atoms with van der Waals surface area (Å²) in [6.07, 6.45) is 1.49. The van der Waals surface area contributed by atoms with E-state index in [1.807, 2.05) is 0 Å². The van der Waals surface area contributed by atoms with E-state index < -0.39 is 23.5 Å². The van der Waals surface area contributed by atoms with Crippen LogP contribution in [0.25, 0.3) is 0 Å². The van der Waals surface area contributed by atoms with Crippen LogP contribution < -0.4 is 11.5 Å². The molecule has 0 saturated heterocycles. The number of pyridine rings is 1. The first-order chi connectivity index (χ1) is 8.93. The van der Waals surface area contributed by atoms with Gasteiger partial charge >= 0.3 is 0 Å². The molecular weight excluding hydrogens is 255 g/mol. The molecule has 4 N–H and O–H groups in total. The summed E-state index contributed by atoms with van der Waals surface area (Å²) in [4.78, 5) is 3.86. The minimum atomic E-state index is -1.55. The van der Waals surface area contributed by atoms with Crippen LogP contribution in [0.3, 0.4) is 0 Å². The third-order valence-electron chi connectivity index (χ3n) is 2.95. The van der Waals surface area contributed by atoms with Gasteiger partial charge in [-0.15, -0.1) is 0 Å². The predicted molar refractivity (Wildman–Crippen MR) is 65.7 cm³/mol. The lowest BCUT2D eigenvalue weighted by molar-refractivity contribution is 0.438. The first-order valence-corrected chi connectivity index (χ1v) is 5.53. The Bertz CT molecular complexity index is 609. The van der Waals surface area contributed by atoms with E-state index in [0.29, 0.717) is 11.1 Å². The van der Waals surface area contributed by atoms with Gasteiger partial charge in [-0.1, -0.05) is 6.07 Å².